The van der Waals surface area contributed by atoms with Gasteiger partial charge in [0.15, 0.2) is 0 Å². The molecule has 1 aliphatic rings. The summed E-state index contributed by atoms with van der Waals surface area (Å²) in [5.74, 6) is 1.66. The van der Waals surface area contributed by atoms with Gasteiger partial charge in [-0.25, -0.2) is 0 Å². The quantitative estimate of drug-likeness (QED) is 0.847. The van der Waals surface area contributed by atoms with Crippen LogP contribution in [0, 0.1) is 0 Å². The van der Waals surface area contributed by atoms with Crippen LogP contribution < -0.4 is 10.5 Å². The summed E-state index contributed by atoms with van der Waals surface area (Å²) in [7, 11) is 1.70. The smallest absolute Gasteiger partial charge is 0.123 e. The normalized spacial score (nSPS) is 17.4. The first-order valence-corrected chi connectivity index (χ1v) is 6.22. The van der Waals surface area contributed by atoms with Crippen LogP contribution in [0.2, 0.25) is 0 Å². The summed E-state index contributed by atoms with van der Waals surface area (Å²) in [6.45, 7) is 0.559. The van der Waals surface area contributed by atoms with Crippen molar-refractivity contribution < 1.29 is 4.74 Å². The molecule has 0 bridgehead atoms. The molecular formula is C14H21NO. The maximum absolute atomic E-state index is 5.74. The molecule has 2 N–H and O–H groups in total. The van der Waals surface area contributed by atoms with Gasteiger partial charge in [0.2, 0.25) is 0 Å². The maximum atomic E-state index is 5.74. The van der Waals surface area contributed by atoms with E-state index in [-0.39, 0.29) is 0 Å². The fraction of sp³-hybridized carbons (Fsp3) is 0.571. The highest BCUT2D eigenvalue weighted by molar-refractivity contribution is 5.38. The van der Waals surface area contributed by atoms with Crippen molar-refractivity contribution in [2.24, 2.45) is 5.73 Å². The van der Waals surface area contributed by atoms with Crippen molar-refractivity contribution in [2.45, 2.75) is 44.6 Å². The van der Waals surface area contributed by atoms with Crippen LogP contribution in [0.4, 0.5) is 0 Å². The van der Waals surface area contributed by atoms with Gasteiger partial charge < -0.3 is 10.5 Å². The predicted molar refractivity (Wildman–Crippen MR) is 66.7 cm³/mol. The number of ether oxygens (including phenoxy) is 1. The van der Waals surface area contributed by atoms with Crippen molar-refractivity contribution in [3.8, 4) is 5.75 Å². The average molecular weight is 219 g/mol. The van der Waals surface area contributed by atoms with E-state index < -0.39 is 0 Å². The van der Waals surface area contributed by atoms with E-state index in [9.17, 15) is 0 Å². The fourth-order valence-electron chi connectivity index (χ4n) is 2.65. The van der Waals surface area contributed by atoms with Crippen LogP contribution in [0.25, 0.3) is 0 Å². The molecule has 1 aliphatic carbocycles. The third kappa shape index (κ3) is 2.38. The first-order valence-electron chi connectivity index (χ1n) is 6.22. The Kier molecular flexibility index (Phi) is 3.83. The van der Waals surface area contributed by atoms with Gasteiger partial charge in [-0.3, -0.25) is 0 Å². The molecule has 0 radical (unpaired) electrons. The number of benzene rings is 1. The van der Waals surface area contributed by atoms with Gasteiger partial charge >= 0.3 is 0 Å². The molecule has 1 aromatic rings. The first-order chi connectivity index (χ1) is 7.85. The molecule has 1 aromatic carbocycles. The van der Waals surface area contributed by atoms with Crippen molar-refractivity contribution in [3.63, 3.8) is 0 Å². The Hall–Kier alpha value is -1.02. The molecule has 88 valence electrons. The maximum Gasteiger partial charge on any atom is 0.123 e. The van der Waals surface area contributed by atoms with E-state index in [1.807, 2.05) is 0 Å². The summed E-state index contributed by atoms with van der Waals surface area (Å²) in [6.07, 6.45) is 6.80. The van der Waals surface area contributed by atoms with Crippen LogP contribution in [0.5, 0.6) is 5.75 Å². The monoisotopic (exact) mass is 219 g/mol. The highest BCUT2D eigenvalue weighted by Crippen LogP contribution is 2.34. The SMILES string of the molecule is COc1ccc(C2CCCCC2)cc1CN. The molecule has 0 unspecified atom stereocenters. The standard InChI is InChI=1S/C14H21NO/c1-16-14-8-7-12(9-13(14)10-15)11-5-3-2-4-6-11/h7-9,11H,2-6,10,15H2,1H3. The predicted octanol–water partition coefficient (Wildman–Crippen LogP) is 3.20. The van der Waals surface area contributed by atoms with Gasteiger partial charge in [-0.2, -0.15) is 0 Å². The Balaban J connectivity index is 2.20. The second-order valence-electron chi connectivity index (χ2n) is 4.61. The molecule has 0 amide bonds. The lowest BCUT2D eigenvalue weighted by Crippen LogP contribution is -2.07. The zero-order valence-corrected chi connectivity index (χ0v) is 10.0. The molecule has 2 rings (SSSR count). The molecule has 0 aromatic heterocycles. The summed E-state index contributed by atoms with van der Waals surface area (Å²) in [4.78, 5) is 0. The van der Waals surface area contributed by atoms with Gasteiger partial charge in [-0.05, 0) is 30.4 Å². The lowest BCUT2D eigenvalue weighted by Gasteiger charge is -2.22. The second-order valence-corrected chi connectivity index (χ2v) is 4.61. The highest BCUT2D eigenvalue weighted by Gasteiger charge is 2.16. The first kappa shape index (κ1) is 11.5. The minimum Gasteiger partial charge on any atom is -0.496 e. The minimum atomic E-state index is 0.559. The van der Waals surface area contributed by atoms with Crippen molar-refractivity contribution in [2.75, 3.05) is 7.11 Å². The Morgan fingerprint density at radius 3 is 2.62 bits per heavy atom. The second kappa shape index (κ2) is 5.35. The van der Waals surface area contributed by atoms with Crippen molar-refractivity contribution in [3.05, 3.63) is 29.3 Å². The minimum absolute atomic E-state index is 0.559. The van der Waals surface area contributed by atoms with Gasteiger partial charge in [0, 0.05) is 12.1 Å². The van der Waals surface area contributed by atoms with E-state index in [1.54, 1.807) is 7.11 Å². The molecule has 1 saturated carbocycles. The van der Waals surface area contributed by atoms with Crippen LogP contribution in [0.1, 0.15) is 49.1 Å². The zero-order chi connectivity index (χ0) is 11.4. The lowest BCUT2D eigenvalue weighted by atomic mass is 9.83. The summed E-state index contributed by atoms with van der Waals surface area (Å²) in [5.41, 5.74) is 8.32. The molecule has 2 nitrogen and oxygen atoms in total. The molecule has 1 fully saturated rings. The van der Waals surface area contributed by atoms with Crippen molar-refractivity contribution in [1.82, 2.24) is 0 Å². The van der Waals surface area contributed by atoms with Gasteiger partial charge in [0.25, 0.3) is 0 Å². The summed E-state index contributed by atoms with van der Waals surface area (Å²) >= 11 is 0. The van der Waals surface area contributed by atoms with Gasteiger partial charge in [-0.1, -0.05) is 31.4 Å². The number of nitrogens with two attached hydrogens (primary N) is 1. The summed E-state index contributed by atoms with van der Waals surface area (Å²) in [5, 5.41) is 0. The molecule has 2 heteroatoms. The summed E-state index contributed by atoms with van der Waals surface area (Å²) in [6, 6.07) is 6.49. The van der Waals surface area contributed by atoms with Crippen molar-refractivity contribution in [1.29, 1.82) is 0 Å². The summed E-state index contributed by atoms with van der Waals surface area (Å²) < 4.78 is 5.30. The topological polar surface area (TPSA) is 35.2 Å². The van der Waals surface area contributed by atoms with Crippen LogP contribution in [-0.4, -0.2) is 7.11 Å². The van der Waals surface area contributed by atoms with Gasteiger partial charge in [0.05, 0.1) is 7.11 Å². The third-order valence-corrected chi connectivity index (χ3v) is 3.60. The molecular weight excluding hydrogens is 198 g/mol. The average Bonchev–Trinajstić information content (AvgIpc) is 2.39. The molecule has 0 atom stereocenters. The van der Waals surface area contributed by atoms with Crippen molar-refractivity contribution >= 4 is 0 Å². The molecule has 0 saturated heterocycles. The van der Waals surface area contributed by atoms with E-state index >= 15 is 0 Å². The van der Waals surface area contributed by atoms with E-state index in [2.05, 4.69) is 18.2 Å². The number of rotatable bonds is 3. The Bertz CT molecular complexity index is 343. The Morgan fingerprint density at radius 1 is 1.25 bits per heavy atom. The molecule has 16 heavy (non-hydrogen) atoms. The van der Waals surface area contributed by atoms with E-state index in [4.69, 9.17) is 10.5 Å². The Labute approximate surface area is 97.8 Å². The fourth-order valence-corrected chi connectivity index (χ4v) is 2.65. The van der Waals surface area contributed by atoms with Crippen LogP contribution in [0.3, 0.4) is 0 Å². The van der Waals surface area contributed by atoms with Crippen LogP contribution in [-0.2, 0) is 6.54 Å². The van der Waals surface area contributed by atoms with Crippen LogP contribution >= 0.6 is 0 Å². The van der Waals surface area contributed by atoms with Gasteiger partial charge in [0.1, 0.15) is 5.75 Å². The number of hydrogen-bond acceptors (Lipinski definition) is 2. The van der Waals surface area contributed by atoms with E-state index in [1.165, 1.54) is 37.7 Å². The molecule has 0 heterocycles. The lowest BCUT2D eigenvalue weighted by molar-refractivity contribution is 0.408. The van der Waals surface area contributed by atoms with E-state index in [0.29, 0.717) is 6.54 Å². The molecule has 0 spiro atoms. The third-order valence-electron chi connectivity index (χ3n) is 3.60. The Morgan fingerprint density at radius 2 is 2.00 bits per heavy atom. The zero-order valence-electron chi connectivity index (χ0n) is 10.0. The van der Waals surface area contributed by atoms with Crippen LogP contribution in [0.15, 0.2) is 18.2 Å². The van der Waals surface area contributed by atoms with E-state index in [0.717, 1.165) is 17.2 Å². The molecule has 0 aliphatic heterocycles. The highest BCUT2D eigenvalue weighted by atomic mass is 16.5. The largest absolute Gasteiger partial charge is 0.496 e. The van der Waals surface area contributed by atoms with Gasteiger partial charge in [-0.15, -0.1) is 0 Å². The number of hydrogen-bond donors (Lipinski definition) is 1. The number of methoxy groups -OCH3 is 1.